The van der Waals surface area contributed by atoms with Gasteiger partial charge < -0.3 is 16.8 Å². The van der Waals surface area contributed by atoms with Gasteiger partial charge in [-0.15, -0.1) is 0 Å². The molecule has 2 rings (SSSR count). The van der Waals surface area contributed by atoms with Crippen molar-refractivity contribution in [3.8, 4) is 0 Å². The Balaban J connectivity index is 2.02. The fourth-order valence-electron chi connectivity index (χ4n) is 5.69. The van der Waals surface area contributed by atoms with Crippen molar-refractivity contribution in [3.63, 3.8) is 0 Å². The average molecular weight is 366 g/mol. The molecule has 2 saturated carbocycles. The summed E-state index contributed by atoms with van der Waals surface area (Å²) < 4.78 is 0. The summed E-state index contributed by atoms with van der Waals surface area (Å²) in [5.41, 5.74) is 12.6. The highest BCUT2D eigenvalue weighted by Gasteiger charge is 2.43. The van der Waals surface area contributed by atoms with Crippen LogP contribution in [0.15, 0.2) is 0 Å². The van der Waals surface area contributed by atoms with Crippen LogP contribution >= 0.6 is 0 Å². The van der Waals surface area contributed by atoms with Crippen LogP contribution in [0.5, 0.6) is 0 Å². The van der Waals surface area contributed by atoms with Gasteiger partial charge in [-0.3, -0.25) is 0 Å². The minimum atomic E-state index is 0.0600. The zero-order chi connectivity index (χ0) is 18.9. The summed E-state index contributed by atoms with van der Waals surface area (Å²) in [4.78, 5) is 0. The van der Waals surface area contributed by atoms with Crippen molar-refractivity contribution in [2.75, 3.05) is 19.6 Å². The molecule has 0 spiro atoms. The van der Waals surface area contributed by atoms with Crippen LogP contribution < -0.4 is 16.8 Å². The smallest absolute Gasteiger partial charge is 0.0193 e. The van der Waals surface area contributed by atoms with E-state index in [-0.39, 0.29) is 11.0 Å². The van der Waals surface area contributed by atoms with Crippen molar-refractivity contribution in [1.29, 1.82) is 0 Å². The van der Waals surface area contributed by atoms with E-state index in [4.69, 9.17) is 11.5 Å². The second kappa shape index (κ2) is 11.0. The Morgan fingerprint density at radius 1 is 0.769 bits per heavy atom. The van der Waals surface area contributed by atoms with Gasteiger partial charge in [-0.25, -0.2) is 0 Å². The molecule has 0 atom stereocenters. The van der Waals surface area contributed by atoms with E-state index < -0.39 is 0 Å². The van der Waals surface area contributed by atoms with Gasteiger partial charge in [0, 0.05) is 24.0 Å². The number of hydrogen-bond donors (Lipinski definition) is 3. The molecule has 0 aromatic carbocycles. The molecule has 2 aliphatic rings. The van der Waals surface area contributed by atoms with Crippen molar-refractivity contribution in [3.05, 3.63) is 0 Å². The number of nitrogens with one attached hydrogen (secondary N) is 1. The Hall–Kier alpha value is -0.120. The van der Waals surface area contributed by atoms with Gasteiger partial charge in [0.15, 0.2) is 0 Å². The summed E-state index contributed by atoms with van der Waals surface area (Å²) in [5.74, 6) is 1.88. The van der Waals surface area contributed by atoms with Crippen LogP contribution in [0.1, 0.15) is 104 Å². The van der Waals surface area contributed by atoms with Crippen molar-refractivity contribution in [2.24, 2.45) is 28.7 Å². The molecular formula is C23H47N3. The van der Waals surface area contributed by atoms with Crippen molar-refractivity contribution >= 4 is 0 Å². The van der Waals surface area contributed by atoms with Crippen LogP contribution in [0.4, 0.5) is 0 Å². The first-order valence-electron chi connectivity index (χ1n) is 11.7. The molecule has 2 aliphatic carbocycles. The summed E-state index contributed by atoms with van der Waals surface area (Å²) >= 11 is 0. The predicted octanol–water partition coefficient (Wildman–Crippen LogP) is 4.98. The van der Waals surface area contributed by atoms with Crippen LogP contribution in [0.25, 0.3) is 0 Å². The lowest BCUT2D eigenvalue weighted by molar-refractivity contribution is 0.0734. The molecule has 2 fully saturated rings. The summed E-state index contributed by atoms with van der Waals surface area (Å²) in [6.45, 7) is 7.17. The summed E-state index contributed by atoms with van der Waals surface area (Å²) in [5, 5.41) is 3.77. The minimum Gasteiger partial charge on any atom is -0.330 e. The molecule has 0 unspecified atom stereocenters. The van der Waals surface area contributed by atoms with Crippen LogP contribution in [0, 0.1) is 17.3 Å². The van der Waals surface area contributed by atoms with E-state index in [1.165, 1.54) is 89.9 Å². The summed E-state index contributed by atoms with van der Waals surface area (Å²) in [7, 11) is 0. The standard InChI is InChI=1S/C23H47N3/c1-22(2,26-18-17-24)23(19-25,15-13-20-9-5-3-6-10-20)16-14-21-11-7-4-8-12-21/h20-21,26H,3-19,24-25H2,1-2H3. The van der Waals surface area contributed by atoms with Crippen molar-refractivity contribution < 1.29 is 0 Å². The number of hydrogen-bond acceptors (Lipinski definition) is 3. The monoisotopic (exact) mass is 365 g/mol. The first-order chi connectivity index (χ1) is 12.5. The van der Waals surface area contributed by atoms with E-state index in [2.05, 4.69) is 19.2 Å². The van der Waals surface area contributed by atoms with Gasteiger partial charge in [-0.2, -0.15) is 0 Å². The maximum atomic E-state index is 6.53. The minimum absolute atomic E-state index is 0.0600. The fourth-order valence-corrected chi connectivity index (χ4v) is 5.69. The zero-order valence-electron chi connectivity index (χ0n) is 17.8. The van der Waals surface area contributed by atoms with Gasteiger partial charge in [0.2, 0.25) is 0 Å². The fraction of sp³-hybridized carbons (Fsp3) is 1.00. The van der Waals surface area contributed by atoms with E-state index in [0.717, 1.165) is 24.9 Å². The number of nitrogens with two attached hydrogens (primary N) is 2. The van der Waals surface area contributed by atoms with Gasteiger partial charge in [0.1, 0.15) is 0 Å². The molecule has 0 amide bonds. The lowest BCUT2D eigenvalue weighted by atomic mass is 9.63. The van der Waals surface area contributed by atoms with Gasteiger partial charge in [-0.1, -0.05) is 64.2 Å². The van der Waals surface area contributed by atoms with Crippen LogP contribution in [-0.4, -0.2) is 25.2 Å². The van der Waals surface area contributed by atoms with Crippen LogP contribution in [0.2, 0.25) is 0 Å². The molecule has 3 heteroatoms. The molecule has 0 heterocycles. The van der Waals surface area contributed by atoms with Crippen LogP contribution in [0.3, 0.4) is 0 Å². The third-order valence-corrected chi connectivity index (χ3v) is 7.94. The molecule has 0 aromatic heterocycles. The Kier molecular flexibility index (Phi) is 9.40. The topological polar surface area (TPSA) is 64.1 Å². The summed E-state index contributed by atoms with van der Waals surface area (Å²) in [6.07, 6.45) is 19.7. The van der Waals surface area contributed by atoms with E-state index >= 15 is 0 Å². The maximum Gasteiger partial charge on any atom is 0.0193 e. The lowest BCUT2D eigenvalue weighted by Gasteiger charge is -2.49. The van der Waals surface area contributed by atoms with Crippen molar-refractivity contribution in [2.45, 2.75) is 109 Å². The predicted molar refractivity (Wildman–Crippen MR) is 114 cm³/mol. The first kappa shape index (κ1) is 22.2. The summed E-state index contributed by atoms with van der Waals surface area (Å²) in [6, 6.07) is 0. The van der Waals surface area contributed by atoms with E-state index in [0.29, 0.717) is 6.54 Å². The Bertz CT molecular complexity index is 346. The molecule has 0 bridgehead atoms. The van der Waals surface area contributed by atoms with E-state index in [9.17, 15) is 0 Å². The van der Waals surface area contributed by atoms with Gasteiger partial charge >= 0.3 is 0 Å². The molecule has 0 aliphatic heterocycles. The van der Waals surface area contributed by atoms with E-state index in [1.54, 1.807) is 0 Å². The van der Waals surface area contributed by atoms with Gasteiger partial charge in [0.05, 0.1) is 0 Å². The second-order valence-electron chi connectivity index (χ2n) is 9.91. The van der Waals surface area contributed by atoms with Gasteiger partial charge in [-0.05, 0) is 57.9 Å². The first-order valence-corrected chi connectivity index (χ1v) is 11.7. The Morgan fingerprint density at radius 2 is 1.23 bits per heavy atom. The van der Waals surface area contributed by atoms with Crippen LogP contribution in [-0.2, 0) is 0 Å². The normalized spacial score (nSPS) is 21.2. The highest BCUT2D eigenvalue weighted by Crippen LogP contribution is 2.44. The molecule has 3 nitrogen and oxygen atoms in total. The lowest BCUT2D eigenvalue weighted by Crippen LogP contribution is -2.58. The highest BCUT2D eigenvalue weighted by molar-refractivity contribution is 5.00. The third-order valence-electron chi connectivity index (χ3n) is 7.94. The third kappa shape index (κ3) is 6.21. The quantitative estimate of drug-likeness (QED) is 0.484. The highest BCUT2D eigenvalue weighted by atomic mass is 15.0. The van der Waals surface area contributed by atoms with E-state index in [1.807, 2.05) is 0 Å². The van der Waals surface area contributed by atoms with Gasteiger partial charge in [0.25, 0.3) is 0 Å². The molecular weight excluding hydrogens is 318 g/mol. The Morgan fingerprint density at radius 3 is 1.62 bits per heavy atom. The SMILES string of the molecule is CC(C)(NCCN)C(CN)(CCC1CCCCC1)CCC1CCCCC1. The number of rotatable bonds is 11. The maximum absolute atomic E-state index is 6.53. The second-order valence-corrected chi connectivity index (χ2v) is 9.91. The molecule has 154 valence electrons. The van der Waals surface area contributed by atoms with Crippen molar-refractivity contribution in [1.82, 2.24) is 5.32 Å². The molecule has 26 heavy (non-hydrogen) atoms. The molecule has 0 saturated heterocycles. The average Bonchev–Trinajstić information content (AvgIpc) is 2.68. The zero-order valence-corrected chi connectivity index (χ0v) is 17.8. The molecule has 0 aromatic rings. The Labute approximate surface area is 163 Å². The molecule has 5 N–H and O–H groups in total. The molecule has 0 radical (unpaired) electrons. The largest absolute Gasteiger partial charge is 0.330 e.